The Morgan fingerprint density at radius 2 is 1.90 bits per heavy atom. The molecule has 0 radical (unpaired) electrons. The van der Waals surface area contributed by atoms with Crippen molar-refractivity contribution in [2.75, 3.05) is 20.8 Å². The Labute approximate surface area is 124 Å². The molecule has 0 bridgehead atoms. The second kappa shape index (κ2) is 14.1. The Hall–Kier alpha value is -1.29. The van der Waals surface area contributed by atoms with E-state index >= 15 is 0 Å². The van der Waals surface area contributed by atoms with Crippen LogP contribution in [0.15, 0.2) is 23.5 Å². The quantitative estimate of drug-likeness (QED) is 0.549. The molecule has 0 heterocycles. The summed E-state index contributed by atoms with van der Waals surface area (Å²) < 4.78 is 10.1. The third-order valence-corrected chi connectivity index (χ3v) is 2.62. The highest BCUT2D eigenvalue weighted by Crippen LogP contribution is 2.16. The third-order valence-electron chi connectivity index (χ3n) is 2.62. The van der Waals surface area contributed by atoms with Crippen LogP contribution in [0, 0.1) is 0 Å². The minimum Gasteiger partial charge on any atom is -0.501 e. The number of rotatable bonds is 8. The van der Waals surface area contributed by atoms with Gasteiger partial charge in [0.15, 0.2) is 0 Å². The van der Waals surface area contributed by atoms with Crippen LogP contribution < -0.4 is 5.32 Å². The van der Waals surface area contributed by atoms with E-state index in [4.69, 9.17) is 9.47 Å². The molecule has 1 N–H and O–H groups in total. The van der Waals surface area contributed by atoms with Crippen LogP contribution >= 0.6 is 0 Å². The van der Waals surface area contributed by atoms with Crippen molar-refractivity contribution in [2.24, 2.45) is 0 Å². The van der Waals surface area contributed by atoms with Gasteiger partial charge >= 0.3 is 0 Å². The molecule has 0 aromatic heterocycles. The van der Waals surface area contributed by atoms with Gasteiger partial charge < -0.3 is 14.8 Å². The van der Waals surface area contributed by atoms with Crippen molar-refractivity contribution in [3.05, 3.63) is 23.5 Å². The van der Waals surface area contributed by atoms with Gasteiger partial charge in [0.05, 0.1) is 18.9 Å². The van der Waals surface area contributed by atoms with Crippen molar-refractivity contribution >= 4 is 5.91 Å². The summed E-state index contributed by atoms with van der Waals surface area (Å²) >= 11 is 0. The molecule has 0 aliphatic rings. The van der Waals surface area contributed by atoms with E-state index in [0.29, 0.717) is 0 Å². The maximum Gasteiger partial charge on any atom is 0.246 e. The normalized spacial score (nSPS) is 13.2. The van der Waals surface area contributed by atoms with Crippen LogP contribution in [0.3, 0.4) is 0 Å². The van der Waals surface area contributed by atoms with Crippen LogP contribution in [0.25, 0.3) is 0 Å². The van der Waals surface area contributed by atoms with E-state index < -0.39 is 0 Å². The van der Waals surface area contributed by atoms with Gasteiger partial charge in [0, 0.05) is 12.7 Å². The Balaban J connectivity index is 0. The topological polar surface area (TPSA) is 47.6 Å². The summed E-state index contributed by atoms with van der Waals surface area (Å²) in [6.07, 6.45) is 5.78. The van der Waals surface area contributed by atoms with Crippen molar-refractivity contribution in [3.63, 3.8) is 0 Å². The standard InChI is InChI=1S/C14H25NO3.C2H6/c1-6-8-12(11(3)18-5)13(9-7-2)15-14(16)10-17-4;1-2/h6,8,13H,7,9-10H2,1-5H3,(H,15,16);1-2H3/b8-6-,12-11-;. The molecule has 0 fully saturated rings. The molecule has 1 atom stereocenters. The van der Waals surface area contributed by atoms with Gasteiger partial charge in [0.25, 0.3) is 0 Å². The number of carbonyl (C=O) groups excluding carboxylic acids is 1. The lowest BCUT2D eigenvalue weighted by molar-refractivity contribution is -0.125. The monoisotopic (exact) mass is 285 g/mol. The van der Waals surface area contributed by atoms with Gasteiger partial charge in [0.2, 0.25) is 5.91 Å². The van der Waals surface area contributed by atoms with Crippen LogP contribution in [-0.4, -0.2) is 32.8 Å². The van der Waals surface area contributed by atoms with Crippen LogP contribution in [0.4, 0.5) is 0 Å². The lowest BCUT2D eigenvalue weighted by Crippen LogP contribution is -2.38. The van der Waals surface area contributed by atoms with Crippen LogP contribution in [0.1, 0.15) is 47.5 Å². The molecule has 0 aliphatic heterocycles. The minimum atomic E-state index is -0.109. The van der Waals surface area contributed by atoms with Gasteiger partial charge in [-0.15, -0.1) is 0 Å². The van der Waals surface area contributed by atoms with E-state index in [-0.39, 0.29) is 18.6 Å². The molecule has 0 aromatic rings. The molecular formula is C16H31NO3. The SMILES string of the molecule is C/C=C\C(=C(/C)OC)C(CCC)NC(=O)COC.CC. The zero-order chi connectivity index (χ0) is 16.0. The van der Waals surface area contributed by atoms with Gasteiger partial charge in [-0.1, -0.05) is 39.3 Å². The summed E-state index contributed by atoms with van der Waals surface area (Å²) in [6, 6.07) is -0.0335. The Morgan fingerprint density at radius 1 is 1.30 bits per heavy atom. The number of amides is 1. The number of nitrogens with one attached hydrogen (secondary N) is 1. The average molecular weight is 285 g/mol. The van der Waals surface area contributed by atoms with Gasteiger partial charge in [-0.05, 0) is 20.3 Å². The van der Waals surface area contributed by atoms with Gasteiger partial charge in [-0.3, -0.25) is 4.79 Å². The number of hydrogen-bond donors (Lipinski definition) is 1. The molecule has 0 rings (SSSR count). The minimum absolute atomic E-state index is 0.0335. The predicted octanol–water partition coefficient (Wildman–Crippen LogP) is 3.44. The molecule has 1 unspecified atom stereocenters. The lowest BCUT2D eigenvalue weighted by Gasteiger charge is -2.21. The Bertz CT molecular complexity index is 309. The predicted molar refractivity (Wildman–Crippen MR) is 84.6 cm³/mol. The molecule has 0 aromatic carbocycles. The highest BCUT2D eigenvalue weighted by molar-refractivity contribution is 5.78. The van der Waals surface area contributed by atoms with Gasteiger partial charge in [-0.25, -0.2) is 0 Å². The molecule has 118 valence electrons. The Morgan fingerprint density at radius 3 is 2.30 bits per heavy atom. The zero-order valence-corrected chi connectivity index (χ0v) is 14.1. The average Bonchev–Trinajstić information content (AvgIpc) is 2.46. The molecule has 0 spiro atoms. The number of allylic oxidation sites excluding steroid dienone is 2. The lowest BCUT2D eigenvalue weighted by atomic mass is 10.0. The Kier molecular flexibility index (Phi) is 14.8. The molecule has 1 amide bonds. The molecule has 4 nitrogen and oxygen atoms in total. The maximum absolute atomic E-state index is 11.6. The van der Waals surface area contributed by atoms with Crippen LogP contribution in [-0.2, 0) is 14.3 Å². The van der Waals surface area contributed by atoms with E-state index in [1.165, 1.54) is 7.11 Å². The highest BCUT2D eigenvalue weighted by atomic mass is 16.5. The molecule has 0 saturated carbocycles. The van der Waals surface area contributed by atoms with Crippen LogP contribution in [0.5, 0.6) is 0 Å². The largest absolute Gasteiger partial charge is 0.501 e. The first-order valence-corrected chi connectivity index (χ1v) is 7.26. The molecule has 4 heteroatoms. The van der Waals surface area contributed by atoms with Crippen molar-refractivity contribution < 1.29 is 14.3 Å². The summed E-state index contributed by atoms with van der Waals surface area (Å²) in [5, 5.41) is 2.97. The summed E-state index contributed by atoms with van der Waals surface area (Å²) in [5.41, 5.74) is 1.01. The fraction of sp³-hybridized carbons (Fsp3) is 0.688. The number of hydrogen-bond acceptors (Lipinski definition) is 3. The zero-order valence-electron chi connectivity index (χ0n) is 14.1. The number of methoxy groups -OCH3 is 2. The van der Waals surface area contributed by atoms with E-state index in [9.17, 15) is 4.79 Å². The van der Waals surface area contributed by atoms with Crippen molar-refractivity contribution in [2.45, 2.75) is 53.5 Å². The van der Waals surface area contributed by atoms with E-state index in [0.717, 1.165) is 24.2 Å². The first-order valence-electron chi connectivity index (χ1n) is 7.26. The van der Waals surface area contributed by atoms with Gasteiger partial charge in [-0.2, -0.15) is 0 Å². The second-order valence-electron chi connectivity index (χ2n) is 4.06. The molecule has 20 heavy (non-hydrogen) atoms. The first-order chi connectivity index (χ1) is 9.60. The molecule has 0 aliphatic carbocycles. The third kappa shape index (κ3) is 8.75. The van der Waals surface area contributed by atoms with Crippen molar-refractivity contribution in [1.29, 1.82) is 0 Å². The molecular weight excluding hydrogens is 254 g/mol. The van der Waals surface area contributed by atoms with Gasteiger partial charge in [0.1, 0.15) is 6.61 Å². The molecule has 0 saturated heterocycles. The van der Waals surface area contributed by atoms with Crippen molar-refractivity contribution in [1.82, 2.24) is 5.32 Å². The van der Waals surface area contributed by atoms with E-state index in [1.807, 2.05) is 39.8 Å². The van der Waals surface area contributed by atoms with Crippen molar-refractivity contribution in [3.8, 4) is 0 Å². The summed E-state index contributed by atoms with van der Waals surface area (Å²) in [6.45, 7) is 10.0. The smallest absolute Gasteiger partial charge is 0.246 e. The summed E-state index contributed by atoms with van der Waals surface area (Å²) in [4.78, 5) is 11.6. The van der Waals surface area contributed by atoms with E-state index in [2.05, 4.69) is 12.2 Å². The highest BCUT2D eigenvalue weighted by Gasteiger charge is 2.17. The summed E-state index contributed by atoms with van der Waals surface area (Å²) in [7, 11) is 3.15. The maximum atomic E-state index is 11.6. The van der Waals surface area contributed by atoms with Crippen LogP contribution in [0.2, 0.25) is 0 Å². The summed E-state index contributed by atoms with van der Waals surface area (Å²) in [5.74, 6) is 0.714. The second-order valence-corrected chi connectivity index (χ2v) is 4.06. The number of ether oxygens (including phenoxy) is 2. The number of carbonyl (C=O) groups is 1. The fourth-order valence-corrected chi connectivity index (χ4v) is 1.74. The first kappa shape index (κ1) is 21.0. The fourth-order valence-electron chi connectivity index (χ4n) is 1.74. The van der Waals surface area contributed by atoms with E-state index in [1.54, 1.807) is 7.11 Å².